The highest BCUT2D eigenvalue weighted by atomic mass is 16.5. The van der Waals surface area contributed by atoms with E-state index in [0.29, 0.717) is 5.92 Å². The Morgan fingerprint density at radius 2 is 2.35 bits per heavy atom. The lowest BCUT2D eigenvalue weighted by molar-refractivity contribution is -0.143. The molecule has 0 radical (unpaired) electrons. The average Bonchev–Trinajstić information content (AvgIpc) is 2.47. The van der Waals surface area contributed by atoms with Crippen molar-refractivity contribution in [1.82, 2.24) is 10.2 Å². The number of nitrogens with zero attached hydrogens (tertiary/aromatic N) is 1. The van der Waals surface area contributed by atoms with E-state index in [9.17, 15) is 4.79 Å². The molecule has 5 nitrogen and oxygen atoms in total. The van der Waals surface area contributed by atoms with Crippen LogP contribution < -0.4 is 5.32 Å². The molecule has 0 saturated carbocycles. The van der Waals surface area contributed by atoms with Crippen molar-refractivity contribution in [2.24, 2.45) is 5.92 Å². The molecule has 0 aromatic rings. The molecule has 2 atom stereocenters. The van der Waals surface area contributed by atoms with E-state index in [4.69, 9.17) is 9.47 Å². The number of esters is 1. The van der Waals surface area contributed by atoms with Crippen LogP contribution in [-0.4, -0.2) is 63.9 Å². The number of hydrogen-bond donors (Lipinski definition) is 1. The molecule has 1 saturated heterocycles. The van der Waals surface area contributed by atoms with Crippen LogP contribution in [-0.2, 0) is 14.3 Å². The fourth-order valence-electron chi connectivity index (χ4n) is 2.60. The highest BCUT2D eigenvalue weighted by Crippen LogP contribution is 2.14. The molecule has 1 aliphatic rings. The predicted octanol–water partition coefficient (Wildman–Crippen LogP) is 1.28. The molecule has 0 aromatic carbocycles. The van der Waals surface area contributed by atoms with Gasteiger partial charge in [-0.05, 0) is 51.7 Å². The number of rotatable bonds is 9. The van der Waals surface area contributed by atoms with E-state index >= 15 is 0 Å². The maximum atomic E-state index is 11.7. The Hall–Kier alpha value is -0.650. The van der Waals surface area contributed by atoms with Crippen molar-refractivity contribution < 1.29 is 14.3 Å². The third-order valence-electron chi connectivity index (χ3n) is 3.75. The van der Waals surface area contributed by atoms with Crippen molar-refractivity contribution in [3.63, 3.8) is 0 Å². The molecule has 0 amide bonds. The van der Waals surface area contributed by atoms with E-state index in [0.717, 1.165) is 45.7 Å². The summed E-state index contributed by atoms with van der Waals surface area (Å²) in [6.45, 7) is 6.66. The minimum atomic E-state index is -0.190. The monoisotopic (exact) mass is 286 g/mol. The van der Waals surface area contributed by atoms with Gasteiger partial charge in [0.2, 0.25) is 0 Å². The van der Waals surface area contributed by atoms with Gasteiger partial charge in [0, 0.05) is 13.2 Å². The van der Waals surface area contributed by atoms with E-state index in [1.165, 1.54) is 20.0 Å². The Kier molecular flexibility index (Phi) is 8.82. The van der Waals surface area contributed by atoms with Gasteiger partial charge in [-0.1, -0.05) is 6.92 Å². The zero-order valence-corrected chi connectivity index (χ0v) is 13.2. The fraction of sp³-hybridized carbons (Fsp3) is 0.933. The standard InChI is InChI=1S/C15H30N2O3/c1-4-8-16-14(15(18)19-3)7-9-17(2)11-13-6-5-10-20-12-13/h13-14,16H,4-12H2,1-3H3. The smallest absolute Gasteiger partial charge is 0.322 e. The summed E-state index contributed by atoms with van der Waals surface area (Å²) in [7, 11) is 3.56. The van der Waals surface area contributed by atoms with Crippen LogP contribution in [0.15, 0.2) is 0 Å². The van der Waals surface area contributed by atoms with Crippen LogP contribution >= 0.6 is 0 Å². The molecule has 1 aliphatic heterocycles. The molecule has 5 heteroatoms. The summed E-state index contributed by atoms with van der Waals surface area (Å²) < 4.78 is 10.4. The Bertz CT molecular complexity index is 268. The number of carbonyl (C=O) groups excluding carboxylic acids is 1. The van der Waals surface area contributed by atoms with E-state index in [2.05, 4.69) is 24.2 Å². The van der Waals surface area contributed by atoms with Gasteiger partial charge in [0.05, 0.1) is 13.7 Å². The van der Waals surface area contributed by atoms with Gasteiger partial charge in [0.1, 0.15) is 6.04 Å². The van der Waals surface area contributed by atoms with Crippen LogP contribution in [0.4, 0.5) is 0 Å². The highest BCUT2D eigenvalue weighted by molar-refractivity contribution is 5.75. The zero-order valence-electron chi connectivity index (χ0n) is 13.2. The Labute approximate surface area is 123 Å². The van der Waals surface area contributed by atoms with Gasteiger partial charge in [-0.2, -0.15) is 0 Å². The summed E-state index contributed by atoms with van der Waals surface area (Å²) in [4.78, 5) is 14.0. The van der Waals surface area contributed by atoms with Gasteiger partial charge in [-0.15, -0.1) is 0 Å². The Balaban J connectivity index is 2.27. The summed E-state index contributed by atoms with van der Waals surface area (Å²) in [5, 5.41) is 3.25. The van der Waals surface area contributed by atoms with Crippen LogP contribution in [0.5, 0.6) is 0 Å². The van der Waals surface area contributed by atoms with Crippen LogP contribution in [0.25, 0.3) is 0 Å². The maximum Gasteiger partial charge on any atom is 0.322 e. The van der Waals surface area contributed by atoms with Crippen molar-refractivity contribution >= 4 is 5.97 Å². The van der Waals surface area contributed by atoms with Gasteiger partial charge in [0.15, 0.2) is 0 Å². The molecule has 1 N–H and O–H groups in total. The van der Waals surface area contributed by atoms with Crippen molar-refractivity contribution in [3.05, 3.63) is 0 Å². The second kappa shape index (κ2) is 10.1. The van der Waals surface area contributed by atoms with E-state index in [-0.39, 0.29) is 12.0 Å². The first-order chi connectivity index (χ1) is 9.67. The molecule has 1 fully saturated rings. The predicted molar refractivity (Wildman–Crippen MR) is 79.8 cm³/mol. The summed E-state index contributed by atoms with van der Waals surface area (Å²) in [6, 6.07) is -0.190. The molecule has 0 spiro atoms. The molecule has 1 heterocycles. The van der Waals surface area contributed by atoms with Crippen LogP contribution in [0.3, 0.4) is 0 Å². The van der Waals surface area contributed by atoms with Crippen LogP contribution in [0, 0.1) is 5.92 Å². The topological polar surface area (TPSA) is 50.8 Å². The molecule has 0 aliphatic carbocycles. The van der Waals surface area contributed by atoms with Crippen LogP contribution in [0.2, 0.25) is 0 Å². The number of methoxy groups -OCH3 is 1. The lowest BCUT2D eigenvalue weighted by atomic mass is 10.0. The maximum absolute atomic E-state index is 11.7. The van der Waals surface area contributed by atoms with Gasteiger partial charge in [-0.25, -0.2) is 0 Å². The molecule has 0 aromatic heterocycles. The average molecular weight is 286 g/mol. The first-order valence-corrected chi connectivity index (χ1v) is 7.74. The lowest BCUT2D eigenvalue weighted by Gasteiger charge is -2.28. The van der Waals surface area contributed by atoms with E-state index in [1.807, 2.05) is 0 Å². The van der Waals surface area contributed by atoms with Crippen molar-refractivity contribution in [2.75, 3.05) is 47.0 Å². The number of carbonyl (C=O) groups is 1. The van der Waals surface area contributed by atoms with Gasteiger partial charge < -0.3 is 19.7 Å². The summed E-state index contributed by atoms with van der Waals surface area (Å²) in [5.41, 5.74) is 0. The first kappa shape index (κ1) is 17.4. The minimum absolute atomic E-state index is 0.159. The SMILES string of the molecule is CCCNC(CCN(C)CC1CCCOC1)C(=O)OC. The lowest BCUT2D eigenvalue weighted by Crippen LogP contribution is -2.41. The number of nitrogens with one attached hydrogen (secondary N) is 1. The third-order valence-corrected chi connectivity index (χ3v) is 3.75. The quantitative estimate of drug-likeness (QED) is 0.647. The zero-order chi connectivity index (χ0) is 14.8. The molecular weight excluding hydrogens is 256 g/mol. The second-order valence-corrected chi connectivity index (χ2v) is 5.66. The molecule has 1 rings (SSSR count). The minimum Gasteiger partial charge on any atom is -0.468 e. The van der Waals surface area contributed by atoms with Crippen molar-refractivity contribution in [1.29, 1.82) is 0 Å². The molecule has 2 unspecified atom stereocenters. The van der Waals surface area contributed by atoms with Crippen LogP contribution in [0.1, 0.15) is 32.6 Å². The van der Waals surface area contributed by atoms with Gasteiger partial charge >= 0.3 is 5.97 Å². The molecule has 20 heavy (non-hydrogen) atoms. The van der Waals surface area contributed by atoms with Crippen molar-refractivity contribution in [2.45, 2.75) is 38.6 Å². The normalized spacial score (nSPS) is 20.9. The fourth-order valence-corrected chi connectivity index (χ4v) is 2.60. The molecule has 118 valence electrons. The molecular formula is C15H30N2O3. The van der Waals surface area contributed by atoms with Gasteiger partial charge in [-0.3, -0.25) is 4.79 Å². The third kappa shape index (κ3) is 6.68. The van der Waals surface area contributed by atoms with E-state index in [1.54, 1.807) is 0 Å². The Morgan fingerprint density at radius 3 is 2.95 bits per heavy atom. The van der Waals surface area contributed by atoms with E-state index < -0.39 is 0 Å². The largest absolute Gasteiger partial charge is 0.468 e. The summed E-state index contributed by atoms with van der Waals surface area (Å²) >= 11 is 0. The first-order valence-electron chi connectivity index (χ1n) is 7.74. The second-order valence-electron chi connectivity index (χ2n) is 5.66. The molecule has 0 bridgehead atoms. The Morgan fingerprint density at radius 1 is 1.55 bits per heavy atom. The highest BCUT2D eigenvalue weighted by Gasteiger charge is 2.20. The number of hydrogen-bond acceptors (Lipinski definition) is 5. The van der Waals surface area contributed by atoms with Crippen molar-refractivity contribution in [3.8, 4) is 0 Å². The number of ether oxygens (including phenoxy) is 2. The van der Waals surface area contributed by atoms with Gasteiger partial charge in [0.25, 0.3) is 0 Å². The summed E-state index contributed by atoms with van der Waals surface area (Å²) in [6.07, 6.45) is 4.22. The summed E-state index contributed by atoms with van der Waals surface area (Å²) in [5.74, 6) is 0.474.